The lowest BCUT2D eigenvalue weighted by molar-refractivity contribution is 0.157. The van der Waals surface area contributed by atoms with Crippen LogP contribution in [-0.2, 0) is 10.0 Å². The second-order valence-corrected chi connectivity index (χ2v) is 7.87. The van der Waals surface area contributed by atoms with Crippen LogP contribution in [0.15, 0.2) is 30.0 Å². The zero-order chi connectivity index (χ0) is 15.9. The Bertz CT molecular complexity index is 682. The maximum Gasteiger partial charge on any atom is 0.396 e. The van der Waals surface area contributed by atoms with E-state index in [1.54, 1.807) is 0 Å². The highest BCUT2D eigenvalue weighted by Crippen LogP contribution is 2.40. The molecule has 5 nitrogen and oxygen atoms in total. The molecule has 2 heterocycles. The van der Waals surface area contributed by atoms with Crippen molar-refractivity contribution in [3.63, 3.8) is 0 Å². The summed E-state index contributed by atoms with van der Waals surface area (Å²) in [5, 5.41) is 0. The standard InChI is InChI=1S/C16H22N3O2S/c1-12-18(2)11-16-15(5-4-10-19(12)16)13-6-8-14(9-7-13)17-22(3,20)21/h6-9,12,15,17H,4-5,10H2,1-3H3/q+1. The van der Waals surface area contributed by atoms with Crippen LogP contribution in [0.25, 0.3) is 0 Å². The van der Waals surface area contributed by atoms with Crippen LogP contribution >= 0.6 is 0 Å². The first-order chi connectivity index (χ1) is 10.3. The molecule has 2 aliphatic rings. The van der Waals surface area contributed by atoms with Crippen LogP contribution in [0.1, 0.15) is 31.2 Å². The number of benzene rings is 1. The summed E-state index contributed by atoms with van der Waals surface area (Å²) in [5.41, 5.74) is 3.08. The van der Waals surface area contributed by atoms with Gasteiger partial charge in [0.15, 0.2) is 0 Å². The lowest BCUT2D eigenvalue weighted by Crippen LogP contribution is -2.39. The van der Waals surface area contributed by atoms with Crippen LogP contribution in [0.3, 0.4) is 0 Å². The van der Waals surface area contributed by atoms with Crippen molar-refractivity contribution >= 4 is 15.7 Å². The third kappa shape index (κ3) is 2.89. The summed E-state index contributed by atoms with van der Waals surface area (Å²) in [4.78, 5) is 4.55. The molecule has 1 saturated heterocycles. The quantitative estimate of drug-likeness (QED) is 0.867. The summed E-state index contributed by atoms with van der Waals surface area (Å²) >= 11 is 0. The minimum atomic E-state index is -3.23. The fourth-order valence-corrected chi connectivity index (χ4v) is 3.82. The van der Waals surface area contributed by atoms with E-state index in [9.17, 15) is 8.42 Å². The van der Waals surface area contributed by atoms with Gasteiger partial charge in [0.1, 0.15) is 6.17 Å². The Hall–Kier alpha value is -1.78. The molecule has 1 aromatic carbocycles. The van der Waals surface area contributed by atoms with Crippen molar-refractivity contribution in [2.24, 2.45) is 0 Å². The molecule has 2 atom stereocenters. The number of sulfonamides is 1. The van der Waals surface area contributed by atoms with Gasteiger partial charge in [-0.25, -0.2) is 8.42 Å². The van der Waals surface area contributed by atoms with Gasteiger partial charge in [0.2, 0.25) is 10.0 Å². The second-order valence-electron chi connectivity index (χ2n) is 6.12. The zero-order valence-electron chi connectivity index (χ0n) is 13.2. The predicted octanol–water partition coefficient (Wildman–Crippen LogP) is 2.17. The van der Waals surface area contributed by atoms with Crippen LogP contribution in [0, 0.1) is 6.20 Å². The van der Waals surface area contributed by atoms with Crippen molar-refractivity contribution in [2.75, 3.05) is 24.6 Å². The number of allylic oxidation sites excluding steroid dienone is 1. The molecule has 0 radical (unpaired) electrons. The topological polar surface area (TPSA) is 52.7 Å². The van der Waals surface area contributed by atoms with Crippen LogP contribution in [0.2, 0.25) is 0 Å². The van der Waals surface area contributed by atoms with E-state index in [2.05, 4.69) is 34.7 Å². The van der Waals surface area contributed by atoms with Crippen molar-refractivity contribution in [1.82, 2.24) is 9.80 Å². The third-order valence-corrected chi connectivity index (χ3v) is 5.06. The van der Waals surface area contributed by atoms with E-state index in [1.807, 2.05) is 24.3 Å². The summed E-state index contributed by atoms with van der Waals surface area (Å²) < 4.78 is 25.0. The molecule has 3 rings (SSSR count). The van der Waals surface area contributed by atoms with Gasteiger partial charge in [-0.2, -0.15) is 4.90 Å². The van der Waals surface area contributed by atoms with Gasteiger partial charge in [0, 0.05) is 12.2 Å². The lowest BCUT2D eigenvalue weighted by atomic mass is 9.88. The Morgan fingerprint density at radius 1 is 1.27 bits per heavy atom. The lowest BCUT2D eigenvalue weighted by Gasteiger charge is -2.30. The van der Waals surface area contributed by atoms with E-state index in [-0.39, 0.29) is 0 Å². The summed E-state index contributed by atoms with van der Waals surface area (Å²) in [6, 6.07) is 7.69. The first kappa shape index (κ1) is 15.1. The van der Waals surface area contributed by atoms with Gasteiger partial charge < -0.3 is 4.90 Å². The zero-order valence-corrected chi connectivity index (χ0v) is 14.0. The van der Waals surface area contributed by atoms with E-state index in [1.165, 1.54) is 11.3 Å². The molecular weight excluding hydrogens is 298 g/mol. The smallest absolute Gasteiger partial charge is 0.305 e. The number of anilines is 1. The van der Waals surface area contributed by atoms with Gasteiger partial charge >= 0.3 is 6.20 Å². The Kier molecular flexibility index (Phi) is 3.75. The highest BCUT2D eigenvalue weighted by Gasteiger charge is 2.45. The summed E-state index contributed by atoms with van der Waals surface area (Å²) in [6.45, 7) is 3.28. The fraction of sp³-hybridized carbons (Fsp3) is 0.500. The Balaban J connectivity index is 1.83. The predicted molar refractivity (Wildman–Crippen MR) is 87.6 cm³/mol. The number of piperidine rings is 1. The summed E-state index contributed by atoms with van der Waals surface area (Å²) in [6.07, 6.45) is 7.27. The molecular formula is C16H22N3O2S+. The number of nitrogens with zero attached hydrogens (tertiary/aromatic N) is 2. The van der Waals surface area contributed by atoms with Crippen molar-refractivity contribution in [3.8, 4) is 0 Å². The van der Waals surface area contributed by atoms with Crippen LogP contribution < -0.4 is 4.72 Å². The fourth-order valence-electron chi connectivity index (χ4n) is 3.26. The van der Waals surface area contributed by atoms with Crippen molar-refractivity contribution in [2.45, 2.75) is 31.8 Å². The normalized spacial score (nSPS) is 24.6. The van der Waals surface area contributed by atoms with Gasteiger partial charge in [-0.3, -0.25) is 4.72 Å². The third-order valence-electron chi connectivity index (χ3n) is 4.45. The number of fused-ring (bicyclic) bond motifs is 1. The van der Waals surface area contributed by atoms with E-state index in [0.29, 0.717) is 17.8 Å². The first-order valence-corrected chi connectivity index (χ1v) is 9.45. The molecule has 22 heavy (non-hydrogen) atoms. The van der Waals surface area contributed by atoms with E-state index < -0.39 is 10.0 Å². The van der Waals surface area contributed by atoms with Gasteiger partial charge in [0.25, 0.3) is 5.70 Å². The van der Waals surface area contributed by atoms with Crippen molar-refractivity contribution < 1.29 is 8.42 Å². The monoisotopic (exact) mass is 320 g/mol. The Morgan fingerprint density at radius 3 is 2.59 bits per heavy atom. The first-order valence-electron chi connectivity index (χ1n) is 7.56. The second kappa shape index (κ2) is 5.45. The molecule has 0 aromatic heterocycles. The maximum atomic E-state index is 11.3. The van der Waals surface area contributed by atoms with E-state index in [0.717, 1.165) is 25.6 Å². The highest BCUT2D eigenvalue weighted by atomic mass is 32.2. The molecule has 0 spiro atoms. The molecule has 2 unspecified atom stereocenters. The number of nitrogens with one attached hydrogen (secondary N) is 1. The molecule has 1 aromatic rings. The van der Waals surface area contributed by atoms with Crippen LogP contribution in [0.5, 0.6) is 0 Å². The SMILES string of the molecule is CC1N(C)[C+]=C2C(c3ccc(NS(C)(=O)=O)cc3)CCCN21. The van der Waals surface area contributed by atoms with Gasteiger partial charge in [-0.05, 0) is 37.5 Å². The molecule has 118 valence electrons. The Morgan fingerprint density at radius 2 is 1.95 bits per heavy atom. The van der Waals surface area contributed by atoms with Gasteiger partial charge in [-0.1, -0.05) is 12.1 Å². The molecule has 1 N–H and O–H groups in total. The molecule has 1 fully saturated rings. The van der Waals surface area contributed by atoms with Crippen LogP contribution in [-0.4, -0.2) is 44.2 Å². The number of hydrogen-bond acceptors (Lipinski definition) is 4. The minimum Gasteiger partial charge on any atom is -0.305 e. The minimum absolute atomic E-state index is 0.341. The number of rotatable bonds is 3. The summed E-state index contributed by atoms with van der Waals surface area (Å²) in [5.74, 6) is 0.341. The average molecular weight is 320 g/mol. The molecule has 0 aliphatic carbocycles. The largest absolute Gasteiger partial charge is 0.396 e. The molecule has 0 saturated carbocycles. The van der Waals surface area contributed by atoms with Crippen LogP contribution in [0.4, 0.5) is 5.69 Å². The Labute approximate surface area is 132 Å². The average Bonchev–Trinajstić information content (AvgIpc) is 2.74. The van der Waals surface area contributed by atoms with Crippen molar-refractivity contribution in [3.05, 3.63) is 41.7 Å². The highest BCUT2D eigenvalue weighted by molar-refractivity contribution is 7.92. The molecule has 0 bridgehead atoms. The maximum absolute atomic E-state index is 11.3. The molecule has 6 heteroatoms. The summed E-state index contributed by atoms with van der Waals surface area (Å²) in [7, 11) is -1.16. The molecule has 0 amide bonds. The number of hydrogen-bond donors (Lipinski definition) is 1. The van der Waals surface area contributed by atoms with Crippen molar-refractivity contribution in [1.29, 1.82) is 0 Å². The van der Waals surface area contributed by atoms with Gasteiger partial charge in [-0.15, -0.1) is 0 Å². The molecule has 2 aliphatic heterocycles. The van der Waals surface area contributed by atoms with E-state index in [4.69, 9.17) is 0 Å². The van der Waals surface area contributed by atoms with E-state index >= 15 is 0 Å². The van der Waals surface area contributed by atoms with Gasteiger partial charge in [0.05, 0.1) is 19.2 Å².